The van der Waals surface area contributed by atoms with Crippen molar-refractivity contribution in [1.29, 1.82) is 0 Å². The second-order valence-electron chi connectivity index (χ2n) is 6.09. The summed E-state index contributed by atoms with van der Waals surface area (Å²) in [7, 11) is 0. The van der Waals surface area contributed by atoms with Gasteiger partial charge in [-0.15, -0.1) is 0 Å². The van der Waals surface area contributed by atoms with Gasteiger partial charge in [-0.1, -0.05) is 30.3 Å². The van der Waals surface area contributed by atoms with Crippen molar-refractivity contribution >= 4 is 11.7 Å². The van der Waals surface area contributed by atoms with E-state index in [0.717, 1.165) is 5.56 Å². The third-order valence-electron chi connectivity index (χ3n) is 4.24. The molecule has 1 amide bonds. The summed E-state index contributed by atoms with van der Waals surface area (Å²) in [5.74, 6) is 0.901. The molecule has 1 fully saturated rings. The molecule has 0 N–H and O–H groups in total. The van der Waals surface area contributed by atoms with Crippen LogP contribution < -0.4 is 0 Å². The molecule has 126 valence electrons. The van der Waals surface area contributed by atoms with Crippen molar-refractivity contribution in [2.24, 2.45) is 0 Å². The number of rotatable bonds is 4. The smallest absolute Gasteiger partial charge is 0.290 e. The maximum absolute atomic E-state index is 12.8. The summed E-state index contributed by atoms with van der Waals surface area (Å²) in [5.41, 5.74) is 1.47. The summed E-state index contributed by atoms with van der Waals surface area (Å²) in [6.45, 7) is 4.97. The van der Waals surface area contributed by atoms with E-state index in [1.807, 2.05) is 38.1 Å². The van der Waals surface area contributed by atoms with Crippen molar-refractivity contribution in [3.8, 4) is 0 Å². The van der Waals surface area contributed by atoms with Gasteiger partial charge >= 0.3 is 0 Å². The van der Waals surface area contributed by atoms with Crippen LogP contribution in [0.1, 0.15) is 38.7 Å². The number of morpholine rings is 1. The highest BCUT2D eigenvalue weighted by atomic mass is 16.5. The molecule has 1 aromatic carbocycles. The average molecular weight is 327 g/mol. The number of furan rings is 1. The van der Waals surface area contributed by atoms with Crippen LogP contribution in [-0.2, 0) is 4.74 Å². The van der Waals surface area contributed by atoms with Crippen LogP contribution in [0, 0.1) is 13.8 Å². The quantitative estimate of drug-likeness (QED) is 0.810. The van der Waals surface area contributed by atoms with E-state index in [9.17, 15) is 9.59 Å². The molecule has 1 saturated heterocycles. The first-order valence-corrected chi connectivity index (χ1v) is 8.10. The number of nitrogens with zero attached hydrogens (tertiary/aromatic N) is 1. The third kappa shape index (κ3) is 3.41. The SMILES string of the molecule is Cc1cc(C)c(C(=O)N2CCOC[C@@H]2CC(=O)c2ccccc2)o1. The molecule has 5 heteroatoms. The molecular formula is C19H21NO4. The Bertz CT molecular complexity index is 735. The fourth-order valence-electron chi connectivity index (χ4n) is 3.03. The van der Waals surface area contributed by atoms with Gasteiger partial charge in [0.2, 0.25) is 0 Å². The van der Waals surface area contributed by atoms with Gasteiger partial charge in [-0.25, -0.2) is 0 Å². The standard InChI is InChI=1S/C19H21NO4/c1-13-10-14(2)24-18(13)19(22)20-8-9-23-12-16(20)11-17(21)15-6-4-3-5-7-15/h3-7,10,16H,8-9,11-12H2,1-2H3/t16-/m0/s1. The second kappa shape index (κ2) is 7.01. The molecule has 24 heavy (non-hydrogen) atoms. The molecule has 1 atom stereocenters. The van der Waals surface area contributed by atoms with Gasteiger partial charge in [0.25, 0.3) is 5.91 Å². The van der Waals surface area contributed by atoms with Crippen molar-refractivity contribution in [1.82, 2.24) is 4.90 Å². The first-order chi connectivity index (χ1) is 11.6. The first-order valence-electron chi connectivity index (χ1n) is 8.10. The average Bonchev–Trinajstić information content (AvgIpc) is 2.94. The van der Waals surface area contributed by atoms with Crippen LogP contribution >= 0.6 is 0 Å². The van der Waals surface area contributed by atoms with E-state index in [1.54, 1.807) is 17.0 Å². The molecule has 0 spiro atoms. The van der Waals surface area contributed by atoms with Crippen LogP contribution in [0.15, 0.2) is 40.8 Å². The van der Waals surface area contributed by atoms with Gasteiger partial charge in [-0.05, 0) is 19.9 Å². The van der Waals surface area contributed by atoms with Gasteiger partial charge in [0, 0.05) is 24.1 Å². The molecule has 1 aliphatic rings. The maximum Gasteiger partial charge on any atom is 0.290 e. The molecule has 2 heterocycles. The number of ketones is 1. The molecule has 0 saturated carbocycles. The zero-order valence-corrected chi connectivity index (χ0v) is 14.0. The van der Waals surface area contributed by atoms with Gasteiger partial charge in [0.05, 0.1) is 19.3 Å². The monoisotopic (exact) mass is 327 g/mol. The lowest BCUT2D eigenvalue weighted by molar-refractivity contribution is -0.00441. The zero-order chi connectivity index (χ0) is 17.1. The van der Waals surface area contributed by atoms with E-state index in [4.69, 9.17) is 9.15 Å². The van der Waals surface area contributed by atoms with E-state index < -0.39 is 0 Å². The molecule has 3 rings (SSSR count). The molecule has 1 aliphatic heterocycles. The summed E-state index contributed by atoms with van der Waals surface area (Å²) in [5, 5.41) is 0. The number of aryl methyl sites for hydroxylation is 2. The predicted octanol–water partition coefficient (Wildman–Crippen LogP) is 3.01. The fourth-order valence-corrected chi connectivity index (χ4v) is 3.03. The minimum Gasteiger partial charge on any atom is -0.456 e. The van der Waals surface area contributed by atoms with Gasteiger partial charge < -0.3 is 14.1 Å². The Labute approximate surface area is 141 Å². The number of Topliss-reactive ketones (excluding diaryl/α,β-unsaturated/α-hetero) is 1. The highest BCUT2D eigenvalue weighted by Crippen LogP contribution is 2.21. The molecular weight excluding hydrogens is 306 g/mol. The zero-order valence-electron chi connectivity index (χ0n) is 14.0. The van der Waals surface area contributed by atoms with Crippen LogP contribution in [0.3, 0.4) is 0 Å². The number of ether oxygens (including phenoxy) is 1. The first kappa shape index (κ1) is 16.5. The third-order valence-corrected chi connectivity index (χ3v) is 4.24. The lowest BCUT2D eigenvalue weighted by Crippen LogP contribution is -2.49. The summed E-state index contributed by atoms with van der Waals surface area (Å²) in [6.07, 6.45) is 0.245. The van der Waals surface area contributed by atoms with Crippen LogP contribution in [0.4, 0.5) is 0 Å². The van der Waals surface area contributed by atoms with Crippen LogP contribution in [0.2, 0.25) is 0 Å². The van der Waals surface area contributed by atoms with Gasteiger partial charge in [0.1, 0.15) is 5.76 Å². The Morgan fingerprint density at radius 1 is 1.21 bits per heavy atom. The maximum atomic E-state index is 12.8. The molecule has 0 radical (unpaired) electrons. The number of amides is 1. The van der Waals surface area contributed by atoms with E-state index in [0.29, 0.717) is 36.8 Å². The van der Waals surface area contributed by atoms with E-state index >= 15 is 0 Å². The minimum absolute atomic E-state index is 0.0104. The van der Waals surface area contributed by atoms with Crippen molar-refractivity contribution in [2.45, 2.75) is 26.3 Å². The Morgan fingerprint density at radius 3 is 2.62 bits per heavy atom. The Kier molecular flexibility index (Phi) is 4.81. The van der Waals surface area contributed by atoms with E-state index in [2.05, 4.69) is 0 Å². The molecule has 0 bridgehead atoms. The van der Waals surface area contributed by atoms with Crippen LogP contribution in [-0.4, -0.2) is 42.4 Å². The summed E-state index contributed by atoms with van der Waals surface area (Å²) < 4.78 is 11.0. The van der Waals surface area contributed by atoms with Crippen molar-refractivity contribution in [3.63, 3.8) is 0 Å². The predicted molar refractivity (Wildman–Crippen MR) is 89.2 cm³/mol. The molecule has 1 aromatic heterocycles. The summed E-state index contributed by atoms with van der Waals surface area (Å²) in [4.78, 5) is 27.0. The topological polar surface area (TPSA) is 59.8 Å². The number of carbonyl (C=O) groups excluding carboxylic acids is 2. The van der Waals surface area contributed by atoms with E-state index in [-0.39, 0.29) is 24.2 Å². The van der Waals surface area contributed by atoms with Crippen molar-refractivity contribution < 1.29 is 18.7 Å². The molecule has 0 unspecified atom stereocenters. The van der Waals surface area contributed by atoms with Gasteiger partial charge in [-0.2, -0.15) is 0 Å². The fraction of sp³-hybridized carbons (Fsp3) is 0.368. The lowest BCUT2D eigenvalue weighted by Gasteiger charge is -2.35. The second-order valence-corrected chi connectivity index (χ2v) is 6.09. The van der Waals surface area contributed by atoms with Crippen LogP contribution in [0.5, 0.6) is 0 Å². The highest BCUT2D eigenvalue weighted by Gasteiger charge is 2.32. The lowest BCUT2D eigenvalue weighted by atomic mass is 10.0. The normalized spacial score (nSPS) is 17.8. The Balaban J connectivity index is 1.77. The Hall–Kier alpha value is -2.40. The number of benzene rings is 1. The Morgan fingerprint density at radius 2 is 1.96 bits per heavy atom. The number of hydrogen-bond donors (Lipinski definition) is 0. The van der Waals surface area contributed by atoms with Crippen LogP contribution in [0.25, 0.3) is 0 Å². The van der Waals surface area contributed by atoms with Gasteiger partial charge in [-0.3, -0.25) is 9.59 Å². The summed E-state index contributed by atoms with van der Waals surface area (Å²) >= 11 is 0. The van der Waals surface area contributed by atoms with Gasteiger partial charge in [0.15, 0.2) is 11.5 Å². The van der Waals surface area contributed by atoms with Crippen molar-refractivity contribution in [3.05, 3.63) is 59.0 Å². The number of carbonyl (C=O) groups is 2. The highest BCUT2D eigenvalue weighted by molar-refractivity contribution is 5.97. The largest absolute Gasteiger partial charge is 0.456 e. The van der Waals surface area contributed by atoms with Crippen molar-refractivity contribution in [2.75, 3.05) is 19.8 Å². The molecule has 2 aromatic rings. The molecule has 5 nitrogen and oxygen atoms in total. The minimum atomic E-state index is -0.274. The number of hydrogen-bond acceptors (Lipinski definition) is 4. The van der Waals surface area contributed by atoms with E-state index in [1.165, 1.54) is 0 Å². The molecule has 0 aliphatic carbocycles. The summed E-state index contributed by atoms with van der Waals surface area (Å²) in [6, 6.07) is 10.7.